The van der Waals surface area contributed by atoms with Crippen LogP contribution in [0.1, 0.15) is 10.4 Å². The van der Waals surface area contributed by atoms with E-state index in [4.69, 9.17) is 5.73 Å². The molecule has 1 amide bonds. The second-order valence-electron chi connectivity index (χ2n) is 2.87. The lowest BCUT2D eigenvalue weighted by atomic mass is 10.2. The minimum atomic E-state index is -0.401. The molecule has 0 bridgehead atoms. The van der Waals surface area contributed by atoms with Crippen LogP contribution < -0.4 is 5.73 Å². The van der Waals surface area contributed by atoms with Gasteiger partial charge in [-0.3, -0.25) is 9.48 Å². The Labute approximate surface area is 85.0 Å². The summed E-state index contributed by atoms with van der Waals surface area (Å²) in [6.45, 7) is 0. The Bertz CT molecular complexity index is 472. The van der Waals surface area contributed by atoms with Gasteiger partial charge < -0.3 is 5.73 Å². The van der Waals surface area contributed by atoms with Crippen molar-refractivity contribution in [1.29, 1.82) is 0 Å². The van der Waals surface area contributed by atoms with Crippen molar-refractivity contribution >= 4 is 17.2 Å². The van der Waals surface area contributed by atoms with Crippen LogP contribution in [0.4, 0.5) is 0 Å². The number of carbonyl (C=O) groups is 1. The minimum absolute atomic E-state index is 0.401. The van der Waals surface area contributed by atoms with Crippen molar-refractivity contribution in [2.45, 2.75) is 0 Å². The summed E-state index contributed by atoms with van der Waals surface area (Å²) in [5.74, 6) is -0.401. The molecule has 0 saturated heterocycles. The van der Waals surface area contributed by atoms with Crippen molar-refractivity contribution in [2.24, 2.45) is 12.8 Å². The molecular formula is C9H9N3OS. The molecule has 0 atom stereocenters. The molecular weight excluding hydrogens is 198 g/mol. The van der Waals surface area contributed by atoms with Crippen LogP contribution in [0.5, 0.6) is 0 Å². The van der Waals surface area contributed by atoms with Crippen LogP contribution in [0.25, 0.3) is 10.6 Å². The molecule has 0 fully saturated rings. The molecule has 2 rings (SSSR count). The zero-order valence-corrected chi connectivity index (χ0v) is 8.41. The number of aryl methyl sites for hydroxylation is 1. The maximum Gasteiger partial charge on any atom is 0.250 e. The molecule has 0 aliphatic heterocycles. The van der Waals surface area contributed by atoms with E-state index in [0.29, 0.717) is 5.56 Å². The van der Waals surface area contributed by atoms with Gasteiger partial charge in [0.05, 0.1) is 16.1 Å². The summed E-state index contributed by atoms with van der Waals surface area (Å²) in [5.41, 5.74) is 6.72. The van der Waals surface area contributed by atoms with Gasteiger partial charge in [0, 0.05) is 13.2 Å². The van der Waals surface area contributed by atoms with Crippen molar-refractivity contribution in [3.8, 4) is 10.6 Å². The van der Waals surface area contributed by atoms with E-state index in [2.05, 4.69) is 5.10 Å². The van der Waals surface area contributed by atoms with Gasteiger partial charge in [-0.1, -0.05) is 0 Å². The summed E-state index contributed by atoms with van der Waals surface area (Å²) >= 11 is 1.49. The second kappa shape index (κ2) is 3.26. The Morgan fingerprint density at radius 1 is 1.57 bits per heavy atom. The van der Waals surface area contributed by atoms with Crippen LogP contribution in [-0.2, 0) is 7.05 Å². The molecule has 4 nitrogen and oxygen atoms in total. The summed E-state index contributed by atoms with van der Waals surface area (Å²) in [7, 11) is 1.83. The molecule has 14 heavy (non-hydrogen) atoms. The number of hydrogen-bond donors (Lipinski definition) is 1. The molecule has 2 N–H and O–H groups in total. The molecule has 72 valence electrons. The number of amides is 1. The third-order valence-electron chi connectivity index (χ3n) is 1.98. The van der Waals surface area contributed by atoms with E-state index in [9.17, 15) is 4.79 Å². The molecule has 5 heteroatoms. The number of hydrogen-bond acceptors (Lipinski definition) is 3. The summed E-state index contributed by atoms with van der Waals surface area (Å²) in [6.07, 6.45) is 1.69. The third-order valence-corrected chi connectivity index (χ3v) is 2.92. The van der Waals surface area contributed by atoms with E-state index >= 15 is 0 Å². The van der Waals surface area contributed by atoms with Gasteiger partial charge in [-0.15, -0.1) is 11.3 Å². The fourth-order valence-corrected chi connectivity index (χ4v) is 2.26. The van der Waals surface area contributed by atoms with Crippen molar-refractivity contribution in [1.82, 2.24) is 9.78 Å². The standard InChI is InChI=1S/C9H9N3OS/c1-12-7(2-4-11-12)8-6(9(10)13)3-5-14-8/h2-5H,1H3,(H2,10,13). The van der Waals surface area contributed by atoms with Crippen LogP contribution in [-0.4, -0.2) is 15.7 Å². The van der Waals surface area contributed by atoms with Crippen LogP contribution in [0.2, 0.25) is 0 Å². The van der Waals surface area contributed by atoms with E-state index in [1.54, 1.807) is 16.9 Å². The van der Waals surface area contributed by atoms with E-state index in [1.807, 2.05) is 18.5 Å². The summed E-state index contributed by atoms with van der Waals surface area (Å²) in [5, 5.41) is 5.89. The Hall–Kier alpha value is -1.62. The highest BCUT2D eigenvalue weighted by Gasteiger charge is 2.13. The van der Waals surface area contributed by atoms with Gasteiger partial charge in [-0.2, -0.15) is 5.10 Å². The van der Waals surface area contributed by atoms with Crippen molar-refractivity contribution < 1.29 is 4.79 Å². The van der Waals surface area contributed by atoms with Crippen LogP contribution >= 0.6 is 11.3 Å². The number of primary amides is 1. The lowest BCUT2D eigenvalue weighted by Crippen LogP contribution is -2.11. The zero-order valence-electron chi connectivity index (χ0n) is 7.60. The zero-order chi connectivity index (χ0) is 10.1. The van der Waals surface area contributed by atoms with Crippen molar-refractivity contribution in [2.75, 3.05) is 0 Å². The van der Waals surface area contributed by atoms with Crippen LogP contribution in [0.3, 0.4) is 0 Å². The largest absolute Gasteiger partial charge is 0.366 e. The van der Waals surface area contributed by atoms with Gasteiger partial charge in [0.2, 0.25) is 5.91 Å². The van der Waals surface area contributed by atoms with Gasteiger partial charge in [0.1, 0.15) is 0 Å². The number of thiophene rings is 1. The highest BCUT2D eigenvalue weighted by molar-refractivity contribution is 7.14. The van der Waals surface area contributed by atoms with Gasteiger partial charge in [0.25, 0.3) is 0 Å². The summed E-state index contributed by atoms with van der Waals surface area (Å²) in [6, 6.07) is 3.59. The first-order valence-corrected chi connectivity index (χ1v) is 4.94. The summed E-state index contributed by atoms with van der Waals surface area (Å²) in [4.78, 5) is 12.0. The van der Waals surface area contributed by atoms with E-state index in [0.717, 1.165) is 10.6 Å². The lowest BCUT2D eigenvalue weighted by molar-refractivity contribution is 0.100. The van der Waals surface area contributed by atoms with Gasteiger partial charge in [0.15, 0.2) is 0 Å². The van der Waals surface area contributed by atoms with Crippen LogP contribution in [0.15, 0.2) is 23.7 Å². The fourth-order valence-electron chi connectivity index (χ4n) is 1.30. The third kappa shape index (κ3) is 1.31. The smallest absolute Gasteiger partial charge is 0.250 e. The molecule has 0 spiro atoms. The molecule has 0 saturated carbocycles. The Balaban J connectivity index is 2.57. The predicted molar refractivity (Wildman–Crippen MR) is 55.0 cm³/mol. The van der Waals surface area contributed by atoms with Crippen LogP contribution in [0, 0.1) is 0 Å². The normalized spacial score (nSPS) is 10.4. The first kappa shape index (κ1) is 8.96. The predicted octanol–water partition coefficient (Wildman–Crippen LogP) is 1.25. The number of aromatic nitrogens is 2. The van der Waals surface area contributed by atoms with E-state index < -0.39 is 5.91 Å². The lowest BCUT2D eigenvalue weighted by Gasteiger charge is -2.00. The topological polar surface area (TPSA) is 60.9 Å². The second-order valence-corrected chi connectivity index (χ2v) is 3.78. The Kier molecular flexibility index (Phi) is 2.09. The first-order chi connectivity index (χ1) is 6.70. The SMILES string of the molecule is Cn1nccc1-c1sccc1C(N)=O. The highest BCUT2D eigenvalue weighted by Crippen LogP contribution is 2.28. The average Bonchev–Trinajstić information content (AvgIpc) is 2.70. The maximum absolute atomic E-state index is 11.1. The minimum Gasteiger partial charge on any atom is -0.366 e. The number of rotatable bonds is 2. The summed E-state index contributed by atoms with van der Waals surface area (Å²) < 4.78 is 1.72. The molecule has 0 aromatic carbocycles. The van der Waals surface area contributed by atoms with Gasteiger partial charge >= 0.3 is 0 Å². The molecule has 2 heterocycles. The molecule has 2 aromatic rings. The Morgan fingerprint density at radius 3 is 2.93 bits per heavy atom. The average molecular weight is 207 g/mol. The fraction of sp³-hybridized carbons (Fsp3) is 0.111. The molecule has 0 radical (unpaired) electrons. The number of nitrogens with two attached hydrogens (primary N) is 1. The quantitative estimate of drug-likeness (QED) is 0.805. The van der Waals surface area contributed by atoms with E-state index in [-0.39, 0.29) is 0 Å². The molecule has 0 aliphatic rings. The molecule has 0 aliphatic carbocycles. The van der Waals surface area contributed by atoms with Crippen molar-refractivity contribution in [3.63, 3.8) is 0 Å². The highest BCUT2D eigenvalue weighted by atomic mass is 32.1. The van der Waals surface area contributed by atoms with Crippen molar-refractivity contribution in [3.05, 3.63) is 29.3 Å². The van der Waals surface area contributed by atoms with E-state index in [1.165, 1.54) is 11.3 Å². The number of nitrogens with zero attached hydrogens (tertiary/aromatic N) is 2. The Morgan fingerprint density at radius 2 is 2.36 bits per heavy atom. The van der Waals surface area contributed by atoms with Gasteiger partial charge in [-0.05, 0) is 17.5 Å². The van der Waals surface area contributed by atoms with Gasteiger partial charge in [-0.25, -0.2) is 0 Å². The molecule has 0 unspecified atom stereocenters. The first-order valence-electron chi connectivity index (χ1n) is 4.06. The number of carbonyl (C=O) groups excluding carboxylic acids is 1. The molecule has 2 aromatic heterocycles. The maximum atomic E-state index is 11.1. The monoisotopic (exact) mass is 207 g/mol.